The summed E-state index contributed by atoms with van der Waals surface area (Å²) in [5, 5.41) is 59.8. The molecular weight excluding hydrogens is 1100 g/mol. The molecular formula is C54H93N13O17. The lowest BCUT2D eigenvalue weighted by molar-refractivity contribution is -0.146. The molecule has 0 aromatic carbocycles. The highest BCUT2D eigenvalue weighted by Crippen LogP contribution is 2.24. The Labute approximate surface area is 489 Å². The van der Waals surface area contributed by atoms with E-state index in [0.29, 0.717) is 51.6 Å². The first-order valence-electron chi connectivity index (χ1n) is 29.0. The Morgan fingerprint density at radius 3 is 1.44 bits per heavy atom. The fourth-order valence-corrected chi connectivity index (χ4v) is 9.53. The molecule has 2 aliphatic heterocycles. The molecule has 13 atom stereocenters. The normalized spacial score (nSPS) is 18.9. The Morgan fingerprint density at radius 1 is 0.500 bits per heavy atom. The Hall–Kier alpha value is -7.05. The molecule has 0 aliphatic carbocycles. The zero-order valence-electron chi connectivity index (χ0n) is 49.6. The number of rotatable bonds is 37. The van der Waals surface area contributed by atoms with Crippen LogP contribution in [-0.4, -0.2) is 206 Å². The lowest BCUT2D eigenvalue weighted by atomic mass is 9.96. The van der Waals surface area contributed by atoms with Crippen molar-refractivity contribution in [2.75, 3.05) is 26.2 Å². The van der Waals surface area contributed by atoms with Crippen LogP contribution in [0.3, 0.4) is 0 Å². The first-order chi connectivity index (χ1) is 39.4. The van der Waals surface area contributed by atoms with E-state index in [2.05, 4.69) is 42.5 Å². The second kappa shape index (κ2) is 35.9. The number of unbranched alkanes of at least 4 members (excludes halogenated alkanes) is 2. The largest absolute Gasteiger partial charge is 0.481 e. The third kappa shape index (κ3) is 22.8. The topological polar surface area (TPSA) is 484 Å². The lowest BCUT2D eigenvalue weighted by Crippen LogP contribution is -2.62. The molecule has 2 rings (SSSR count). The molecule has 18 N–H and O–H groups in total. The van der Waals surface area contributed by atoms with Gasteiger partial charge in [0.05, 0.1) is 18.6 Å². The molecule has 30 nitrogen and oxygen atoms in total. The van der Waals surface area contributed by atoms with Crippen LogP contribution in [0.25, 0.3) is 0 Å². The van der Waals surface area contributed by atoms with Gasteiger partial charge in [0.25, 0.3) is 0 Å². The maximum Gasteiger partial charge on any atom is 0.326 e. The van der Waals surface area contributed by atoms with Gasteiger partial charge in [0.1, 0.15) is 60.4 Å². The molecule has 30 heteroatoms. The average Bonchev–Trinajstić information content (AvgIpc) is 3.65. The molecule has 0 spiro atoms. The SMILES string of the molecule is CC[C@H](C)[C@H](NC(=O)[C@@H]1CCCN1C(=O)[C@@H](NC(=O)[C@H](CCC(=O)O)NC(=O)[C@@H]1CCCN1C(=O)[C@@H](NC(=O)[C@H](CC(=O)O)NC(=O)[C@H](C)NC(=O)[C@@H](N)C(C)C)[C@@H](C)O)C(C)C)C(=O)N[C@@H](CCCCN)C(=O)N[C@@H](CCCCN)C(=O)O. The van der Waals surface area contributed by atoms with E-state index >= 15 is 0 Å². The van der Waals surface area contributed by atoms with Gasteiger partial charge in [-0.2, -0.15) is 0 Å². The van der Waals surface area contributed by atoms with Crippen molar-refractivity contribution in [3.63, 3.8) is 0 Å². The van der Waals surface area contributed by atoms with E-state index in [1.54, 1.807) is 41.5 Å². The fourth-order valence-electron chi connectivity index (χ4n) is 9.53. The number of hydrogen-bond acceptors (Lipinski definition) is 17. The molecule has 0 aromatic heterocycles. The Morgan fingerprint density at radius 2 is 0.964 bits per heavy atom. The van der Waals surface area contributed by atoms with Gasteiger partial charge in [-0.15, -0.1) is 0 Å². The molecule has 2 saturated heterocycles. The number of amides is 10. The highest BCUT2D eigenvalue weighted by atomic mass is 16.4. The third-order valence-electron chi connectivity index (χ3n) is 15.0. The van der Waals surface area contributed by atoms with Crippen molar-refractivity contribution in [2.24, 2.45) is 35.0 Å². The first kappa shape index (κ1) is 73.1. The quantitative estimate of drug-likeness (QED) is 0.0270. The number of nitrogens with one attached hydrogen (secondary N) is 8. The minimum atomic E-state index is -1.83. The van der Waals surface area contributed by atoms with Crippen molar-refractivity contribution < 1.29 is 82.8 Å². The van der Waals surface area contributed by atoms with Gasteiger partial charge in [0, 0.05) is 19.5 Å². The fraction of sp³-hybridized carbons (Fsp3) is 0.759. The van der Waals surface area contributed by atoms with Gasteiger partial charge in [-0.3, -0.25) is 57.5 Å². The van der Waals surface area contributed by atoms with E-state index in [1.165, 1.54) is 11.8 Å². The Balaban J connectivity index is 2.34. The van der Waals surface area contributed by atoms with Crippen LogP contribution in [0.15, 0.2) is 0 Å². The number of carbonyl (C=O) groups is 13. The summed E-state index contributed by atoms with van der Waals surface area (Å²) in [7, 11) is 0. The number of nitrogens with zero attached hydrogens (tertiary/aromatic N) is 2. The molecule has 0 saturated carbocycles. The van der Waals surface area contributed by atoms with Crippen LogP contribution in [-0.2, 0) is 62.3 Å². The summed E-state index contributed by atoms with van der Waals surface area (Å²) in [5.41, 5.74) is 17.1. The van der Waals surface area contributed by atoms with E-state index in [0.717, 1.165) is 11.8 Å². The molecule has 2 heterocycles. The van der Waals surface area contributed by atoms with Crippen molar-refractivity contribution >= 4 is 77.0 Å². The molecule has 10 amide bonds. The van der Waals surface area contributed by atoms with E-state index < -0.39 is 181 Å². The van der Waals surface area contributed by atoms with Crippen molar-refractivity contribution in [2.45, 2.75) is 218 Å². The highest BCUT2D eigenvalue weighted by molar-refractivity contribution is 6.00. The van der Waals surface area contributed by atoms with Crippen molar-refractivity contribution in [1.29, 1.82) is 0 Å². The highest BCUT2D eigenvalue weighted by Gasteiger charge is 2.44. The van der Waals surface area contributed by atoms with Crippen molar-refractivity contribution in [3.8, 4) is 0 Å². The second-order valence-corrected chi connectivity index (χ2v) is 22.4. The number of carboxylic acid groups (broad SMARTS) is 3. The summed E-state index contributed by atoms with van der Waals surface area (Å²) >= 11 is 0. The Bertz CT molecular complexity index is 2310. The number of carboxylic acids is 3. The first-order valence-corrected chi connectivity index (χ1v) is 29.0. The maximum atomic E-state index is 14.5. The van der Waals surface area contributed by atoms with Crippen LogP contribution in [0.4, 0.5) is 0 Å². The average molecular weight is 1200 g/mol. The number of likely N-dealkylation sites (tertiary alicyclic amines) is 2. The number of nitrogens with two attached hydrogens (primary N) is 3. The number of aliphatic hydroxyl groups is 1. The standard InChI is InChI=1S/C54H93N13O17/c1-9-29(6)42(51(80)60-32(16-10-12-22-55)45(74)61-34(54(83)84)17-11-13-23-56)64-49(78)37-19-15-24-66(37)52(81)41(28(4)5)63-46(75)33(20-21-38(69)70)59-48(77)36-18-14-25-67(36)53(82)43(31(8)68)65-47(76)35(26-39(71)72)62-44(73)30(7)58-50(79)40(57)27(2)3/h27-37,40-43,68H,9-26,55-57H2,1-8H3,(H,58,79)(H,59,77)(H,60,80)(H,61,74)(H,62,73)(H,63,75)(H,64,78)(H,65,76)(H,69,70)(H,71,72)(H,83,84)/t29-,30-,31+,32-,33-,34-,35-,36-,37-,40-,41-,42-,43-/m0/s1. The van der Waals surface area contributed by atoms with Crippen LogP contribution in [0.5, 0.6) is 0 Å². The minimum Gasteiger partial charge on any atom is -0.481 e. The van der Waals surface area contributed by atoms with Crippen LogP contribution in [0.1, 0.15) is 145 Å². The summed E-state index contributed by atoms with van der Waals surface area (Å²) in [4.78, 5) is 176. The molecule has 84 heavy (non-hydrogen) atoms. The monoisotopic (exact) mass is 1200 g/mol. The van der Waals surface area contributed by atoms with Crippen LogP contribution in [0, 0.1) is 17.8 Å². The van der Waals surface area contributed by atoms with Gasteiger partial charge < -0.3 is 90.0 Å². The van der Waals surface area contributed by atoms with Crippen LogP contribution < -0.4 is 59.7 Å². The third-order valence-corrected chi connectivity index (χ3v) is 15.0. The summed E-state index contributed by atoms with van der Waals surface area (Å²) < 4.78 is 0. The zero-order chi connectivity index (χ0) is 63.7. The predicted molar refractivity (Wildman–Crippen MR) is 302 cm³/mol. The molecule has 2 aliphatic rings. The molecule has 2 fully saturated rings. The molecule has 476 valence electrons. The van der Waals surface area contributed by atoms with Crippen LogP contribution in [0.2, 0.25) is 0 Å². The summed E-state index contributed by atoms with van der Waals surface area (Å²) in [5.74, 6) is -14.4. The van der Waals surface area contributed by atoms with Crippen molar-refractivity contribution in [1.82, 2.24) is 52.3 Å². The predicted octanol–water partition coefficient (Wildman–Crippen LogP) is -3.39. The van der Waals surface area contributed by atoms with E-state index in [-0.39, 0.29) is 51.1 Å². The number of aliphatic carboxylic acids is 3. The zero-order valence-corrected chi connectivity index (χ0v) is 49.6. The van der Waals surface area contributed by atoms with Crippen molar-refractivity contribution in [3.05, 3.63) is 0 Å². The van der Waals surface area contributed by atoms with E-state index in [4.69, 9.17) is 17.2 Å². The van der Waals surface area contributed by atoms with E-state index in [1.807, 2.05) is 0 Å². The van der Waals surface area contributed by atoms with Gasteiger partial charge in [-0.1, -0.05) is 48.0 Å². The summed E-state index contributed by atoms with van der Waals surface area (Å²) in [6, 6.07) is -15.1. The smallest absolute Gasteiger partial charge is 0.326 e. The number of aliphatic hydroxyl groups excluding tert-OH is 1. The van der Waals surface area contributed by atoms with Crippen LogP contribution >= 0.6 is 0 Å². The second-order valence-electron chi connectivity index (χ2n) is 22.4. The van der Waals surface area contributed by atoms with Gasteiger partial charge >= 0.3 is 17.9 Å². The summed E-state index contributed by atoms with van der Waals surface area (Å²) in [6.07, 6.45) is -0.681. The Kier molecular flexibility index (Phi) is 31.3. The summed E-state index contributed by atoms with van der Waals surface area (Å²) in [6.45, 7) is 13.0. The van der Waals surface area contributed by atoms with Gasteiger partial charge in [-0.05, 0) is 115 Å². The van der Waals surface area contributed by atoms with E-state index in [9.17, 15) is 82.8 Å². The molecule has 0 unspecified atom stereocenters. The van der Waals surface area contributed by atoms with Gasteiger partial charge in [0.2, 0.25) is 59.1 Å². The molecule has 0 radical (unpaired) electrons. The lowest BCUT2D eigenvalue weighted by Gasteiger charge is -2.33. The minimum absolute atomic E-state index is 0.00789. The number of carbonyl (C=O) groups excluding carboxylic acids is 10. The maximum absolute atomic E-state index is 14.5. The van der Waals surface area contributed by atoms with Gasteiger partial charge in [0.15, 0.2) is 0 Å². The molecule has 0 bridgehead atoms. The molecule has 0 aromatic rings. The number of hydrogen-bond donors (Lipinski definition) is 15. The van der Waals surface area contributed by atoms with Gasteiger partial charge in [-0.25, -0.2) is 4.79 Å².